The summed E-state index contributed by atoms with van der Waals surface area (Å²) in [4.78, 5) is 60.3. The number of benzene rings is 2. The van der Waals surface area contributed by atoms with Gasteiger partial charge in [-0.05, 0) is 44.0 Å². The van der Waals surface area contributed by atoms with Gasteiger partial charge in [0.1, 0.15) is 36.6 Å². The van der Waals surface area contributed by atoms with Crippen LogP contribution in [0.5, 0.6) is 5.75 Å². The van der Waals surface area contributed by atoms with Crippen molar-refractivity contribution in [2.24, 2.45) is 0 Å². The fourth-order valence-electron chi connectivity index (χ4n) is 3.34. The molecule has 2 atom stereocenters. The number of hydrogen-bond donors (Lipinski definition) is 5. The first kappa shape index (κ1) is 30.6. The van der Waals surface area contributed by atoms with Crippen LogP contribution in [-0.4, -0.2) is 64.3 Å². The van der Waals surface area contributed by atoms with Crippen LogP contribution < -0.4 is 20.7 Å². The van der Waals surface area contributed by atoms with Gasteiger partial charge in [-0.2, -0.15) is 0 Å². The van der Waals surface area contributed by atoms with E-state index in [1.807, 2.05) is 20.8 Å². The zero-order chi connectivity index (χ0) is 29.0. The number of carbonyl (C=O) groups excluding carboxylic acids is 3. The van der Waals surface area contributed by atoms with Crippen LogP contribution >= 0.6 is 0 Å². The Morgan fingerprint density at radius 3 is 2.00 bits per heavy atom. The highest BCUT2D eigenvalue weighted by Crippen LogP contribution is 2.19. The summed E-state index contributed by atoms with van der Waals surface area (Å²) in [5.74, 6) is -3.84. The molecule has 0 radical (unpaired) electrons. The van der Waals surface area contributed by atoms with Gasteiger partial charge in [-0.3, -0.25) is 19.2 Å². The molecule has 12 nitrogen and oxygen atoms in total. The van der Waals surface area contributed by atoms with Gasteiger partial charge in [0.25, 0.3) is 0 Å². The van der Waals surface area contributed by atoms with E-state index in [9.17, 15) is 29.1 Å². The lowest BCUT2D eigenvalue weighted by molar-refractivity contribution is -0.140. The van der Waals surface area contributed by atoms with Crippen molar-refractivity contribution >= 4 is 29.8 Å². The summed E-state index contributed by atoms with van der Waals surface area (Å²) < 4.78 is 10.8. The second-order valence-electron chi connectivity index (χ2n) is 9.59. The number of carboxylic acids is 2. The highest BCUT2D eigenvalue weighted by Gasteiger charge is 2.29. The smallest absolute Gasteiger partial charge is 0.408 e. The van der Waals surface area contributed by atoms with Gasteiger partial charge in [-0.15, -0.1) is 0 Å². The third-order valence-electron chi connectivity index (χ3n) is 5.03. The van der Waals surface area contributed by atoms with Gasteiger partial charge < -0.3 is 35.6 Å². The Balaban J connectivity index is 2.13. The number of hydrogen-bond acceptors (Lipinski definition) is 7. The predicted molar refractivity (Wildman–Crippen MR) is 139 cm³/mol. The summed E-state index contributed by atoms with van der Waals surface area (Å²) in [5.41, 5.74) is 0.862. The van der Waals surface area contributed by atoms with Crippen LogP contribution in [0, 0.1) is 0 Å². The Hall–Kier alpha value is -4.61. The summed E-state index contributed by atoms with van der Waals surface area (Å²) in [6.45, 7) is 4.87. The number of aliphatic carboxylic acids is 2. The summed E-state index contributed by atoms with van der Waals surface area (Å²) in [5, 5.41) is 25.0. The van der Waals surface area contributed by atoms with Crippen LogP contribution in [0.4, 0.5) is 4.79 Å². The summed E-state index contributed by atoms with van der Waals surface area (Å²) in [6.07, 6.45) is -1.86. The highest BCUT2D eigenvalue weighted by atomic mass is 16.5. The van der Waals surface area contributed by atoms with E-state index in [-0.39, 0.29) is 13.0 Å². The van der Waals surface area contributed by atoms with Crippen molar-refractivity contribution in [3.63, 3.8) is 0 Å². The molecule has 3 amide bonds. The lowest BCUT2D eigenvalue weighted by Crippen LogP contribution is -2.55. The molecule has 0 spiro atoms. The van der Waals surface area contributed by atoms with E-state index in [4.69, 9.17) is 14.6 Å². The monoisotopic (exact) mass is 543 g/mol. The Morgan fingerprint density at radius 1 is 0.795 bits per heavy atom. The maximum absolute atomic E-state index is 13.0. The van der Waals surface area contributed by atoms with E-state index in [0.717, 1.165) is 0 Å². The van der Waals surface area contributed by atoms with Gasteiger partial charge in [0.05, 0.1) is 6.42 Å². The van der Waals surface area contributed by atoms with E-state index >= 15 is 0 Å². The number of carbonyl (C=O) groups is 5. The molecule has 2 aromatic carbocycles. The van der Waals surface area contributed by atoms with E-state index in [1.165, 1.54) is 0 Å². The van der Waals surface area contributed by atoms with Crippen molar-refractivity contribution in [3.8, 4) is 5.75 Å². The minimum atomic E-state index is -1.57. The molecule has 0 aliphatic rings. The van der Waals surface area contributed by atoms with Crippen molar-refractivity contribution in [1.29, 1.82) is 0 Å². The largest absolute Gasteiger partial charge is 0.488 e. The first-order valence-electron chi connectivity index (χ1n) is 12.1. The van der Waals surface area contributed by atoms with Gasteiger partial charge in [-0.25, -0.2) is 4.79 Å². The zero-order valence-corrected chi connectivity index (χ0v) is 21.9. The quantitative estimate of drug-likeness (QED) is 0.252. The molecule has 0 saturated carbocycles. The topological polar surface area (TPSA) is 180 Å². The maximum Gasteiger partial charge on any atom is 0.408 e. The van der Waals surface area contributed by atoms with Gasteiger partial charge in [-0.1, -0.05) is 42.5 Å². The minimum absolute atomic E-state index is 0.0504. The fraction of sp³-hybridized carbons (Fsp3) is 0.370. The fourth-order valence-corrected chi connectivity index (χ4v) is 3.34. The van der Waals surface area contributed by atoms with Crippen LogP contribution in [0.1, 0.15) is 38.3 Å². The van der Waals surface area contributed by atoms with Crippen LogP contribution in [0.15, 0.2) is 54.6 Å². The molecule has 12 heteroatoms. The van der Waals surface area contributed by atoms with Crippen LogP contribution in [-0.2, 0) is 36.9 Å². The van der Waals surface area contributed by atoms with Crippen LogP contribution in [0.2, 0.25) is 0 Å². The number of amides is 3. The standard InChI is InChI=1S/C27H33N3O9/c1-27(2,3)39-19-11-9-17(10-12-19)13-20(24(35)28-15-23(33)34)29-25(36)21(14-22(31)32)30-26(37)38-16-18-7-5-4-6-8-18/h4-12,20-21H,13-16H2,1-3H3,(H,28,35)(H,29,36)(H,30,37)(H,31,32)(H,33,34)/t20?,21-/m0/s1. The third-order valence-corrected chi connectivity index (χ3v) is 5.03. The molecule has 1 unspecified atom stereocenters. The molecular formula is C27H33N3O9. The van der Waals surface area contributed by atoms with Gasteiger partial charge in [0.2, 0.25) is 11.8 Å². The van der Waals surface area contributed by atoms with Crippen LogP contribution in [0.25, 0.3) is 0 Å². The first-order chi connectivity index (χ1) is 18.3. The SMILES string of the molecule is CC(C)(C)Oc1ccc(CC(NC(=O)[C@H](CC(=O)O)NC(=O)OCc2ccccc2)C(=O)NCC(=O)O)cc1. The van der Waals surface area contributed by atoms with Gasteiger partial charge >= 0.3 is 18.0 Å². The molecule has 0 saturated heterocycles. The van der Waals surface area contributed by atoms with Crippen molar-refractivity contribution < 1.29 is 43.7 Å². The molecule has 2 aromatic rings. The van der Waals surface area contributed by atoms with E-state index in [1.54, 1.807) is 54.6 Å². The molecule has 0 bridgehead atoms. The van der Waals surface area contributed by atoms with E-state index in [2.05, 4.69) is 16.0 Å². The molecule has 0 aliphatic carbocycles. The Labute approximate surface area is 225 Å². The molecule has 0 aliphatic heterocycles. The van der Waals surface area contributed by atoms with E-state index < -0.39 is 60.5 Å². The number of rotatable bonds is 13. The van der Waals surface area contributed by atoms with E-state index in [0.29, 0.717) is 16.9 Å². The number of carboxylic acid groups (broad SMARTS) is 2. The molecule has 5 N–H and O–H groups in total. The zero-order valence-electron chi connectivity index (χ0n) is 21.9. The Kier molecular flexibility index (Phi) is 11.3. The Morgan fingerprint density at radius 2 is 1.44 bits per heavy atom. The van der Waals surface area contributed by atoms with Crippen LogP contribution in [0.3, 0.4) is 0 Å². The normalized spacial score (nSPS) is 12.4. The number of alkyl carbamates (subject to hydrolysis) is 1. The molecule has 0 fully saturated rings. The lowest BCUT2D eigenvalue weighted by atomic mass is 10.0. The first-order valence-corrected chi connectivity index (χ1v) is 12.1. The third kappa shape index (κ3) is 12.0. The van der Waals surface area contributed by atoms with Crippen molar-refractivity contribution in [1.82, 2.24) is 16.0 Å². The molecule has 0 aromatic heterocycles. The van der Waals surface area contributed by atoms with Crippen molar-refractivity contribution in [3.05, 3.63) is 65.7 Å². The molecule has 39 heavy (non-hydrogen) atoms. The lowest BCUT2D eigenvalue weighted by Gasteiger charge is -2.23. The van der Waals surface area contributed by atoms with Gasteiger partial charge in [0.15, 0.2) is 0 Å². The summed E-state index contributed by atoms with van der Waals surface area (Å²) in [7, 11) is 0. The Bertz CT molecular complexity index is 1150. The van der Waals surface area contributed by atoms with Gasteiger partial charge in [0, 0.05) is 6.42 Å². The molecule has 210 valence electrons. The second-order valence-corrected chi connectivity index (χ2v) is 9.59. The number of ether oxygens (including phenoxy) is 2. The maximum atomic E-state index is 13.0. The average Bonchev–Trinajstić information content (AvgIpc) is 2.85. The predicted octanol–water partition coefficient (Wildman–Crippen LogP) is 1.86. The average molecular weight is 544 g/mol. The molecular weight excluding hydrogens is 510 g/mol. The number of nitrogens with one attached hydrogen (secondary N) is 3. The molecule has 0 heterocycles. The van der Waals surface area contributed by atoms with Crippen molar-refractivity contribution in [2.75, 3.05) is 6.54 Å². The second kappa shape index (κ2) is 14.4. The summed E-state index contributed by atoms with van der Waals surface area (Å²) >= 11 is 0. The summed E-state index contributed by atoms with van der Waals surface area (Å²) in [6, 6.07) is 12.6. The molecule has 2 rings (SSSR count). The minimum Gasteiger partial charge on any atom is -0.488 e. The highest BCUT2D eigenvalue weighted by molar-refractivity contribution is 5.94. The van der Waals surface area contributed by atoms with Crippen molar-refractivity contribution in [2.45, 2.75) is 57.9 Å².